The van der Waals surface area contributed by atoms with E-state index in [0.717, 1.165) is 18.7 Å². The molecule has 2 aromatic rings. The van der Waals surface area contributed by atoms with Crippen molar-refractivity contribution in [2.75, 3.05) is 26.2 Å². The quantitative estimate of drug-likeness (QED) is 0.799. The molecule has 26 heavy (non-hydrogen) atoms. The molecule has 3 rings (SSSR count). The summed E-state index contributed by atoms with van der Waals surface area (Å²) < 4.78 is 5.63. The van der Waals surface area contributed by atoms with Crippen molar-refractivity contribution in [3.8, 4) is 5.75 Å². The highest BCUT2D eigenvalue weighted by atomic mass is 35.5. The first kappa shape index (κ1) is 18.7. The van der Waals surface area contributed by atoms with Gasteiger partial charge in [-0.05, 0) is 62.2 Å². The number of carbonyl (C=O) groups excluding carboxylic acids is 1. The highest BCUT2D eigenvalue weighted by Gasteiger charge is 2.23. The van der Waals surface area contributed by atoms with Crippen LogP contribution in [0.1, 0.15) is 30.0 Å². The van der Waals surface area contributed by atoms with Gasteiger partial charge in [0.15, 0.2) is 6.61 Å². The van der Waals surface area contributed by atoms with Crippen LogP contribution in [0.4, 0.5) is 0 Å². The molecule has 4 nitrogen and oxygen atoms in total. The number of carbonyl (C=O) groups is 1. The zero-order chi connectivity index (χ0) is 18.4. The van der Waals surface area contributed by atoms with E-state index in [-0.39, 0.29) is 18.6 Å². The monoisotopic (exact) mass is 372 g/mol. The normalized spacial score (nSPS) is 15.6. The van der Waals surface area contributed by atoms with E-state index in [4.69, 9.17) is 16.3 Å². The van der Waals surface area contributed by atoms with Crippen molar-refractivity contribution in [3.63, 3.8) is 0 Å². The largest absolute Gasteiger partial charge is 0.484 e. The lowest BCUT2D eigenvalue weighted by molar-refractivity contribution is -0.123. The molecule has 138 valence electrons. The van der Waals surface area contributed by atoms with Crippen LogP contribution in [-0.2, 0) is 4.79 Å². The maximum Gasteiger partial charge on any atom is 0.258 e. The van der Waals surface area contributed by atoms with Gasteiger partial charge in [0.2, 0.25) is 0 Å². The van der Waals surface area contributed by atoms with Crippen molar-refractivity contribution in [1.29, 1.82) is 0 Å². The summed E-state index contributed by atoms with van der Waals surface area (Å²) in [6.07, 6.45) is 2.44. The summed E-state index contributed by atoms with van der Waals surface area (Å²) in [5, 5.41) is 3.69. The van der Waals surface area contributed by atoms with Crippen LogP contribution in [0.5, 0.6) is 5.75 Å². The minimum Gasteiger partial charge on any atom is -0.484 e. The molecule has 0 saturated carbocycles. The fourth-order valence-corrected chi connectivity index (χ4v) is 3.59. The molecule has 2 aromatic carbocycles. The van der Waals surface area contributed by atoms with Crippen molar-refractivity contribution in [3.05, 3.63) is 64.7 Å². The fourth-order valence-electron chi connectivity index (χ4n) is 3.37. The highest BCUT2D eigenvalue weighted by molar-refractivity contribution is 6.30. The Kier molecular flexibility index (Phi) is 6.53. The number of aryl methyl sites for hydroxylation is 1. The molecule has 1 unspecified atom stereocenters. The molecule has 1 aliphatic rings. The fraction of sp³-hybridized carbons (Fsp3) is 0.381. The smallest absolute Gasteiger partial charge is 0.258 e. The van der Waals surface area contributed by atoms with Gasteiger partial charge in [0.05, 0.1) is 6.04 Å². The number of benzene rings is 2. The Labute approximate surface area is 160 Å². The second kappa shape index (κ2) is 9.06. The number of ether oxygens (including phenoxy) is 1. The number of rotatable bonds is 7. The average Bonchev–Trinajstić information content (AvgIpc) is 3.16. The summed E-state index contributed by atoms with van der Waals surface area (Å²) in [7, 11) is 0. The van der Waals surface area contributed by atoms with Crippen molar-refractivity contribution in [2.45, 2.75) is 25.8 Å². The Balaban J connectivity index is 1.55. The first-order valence-electron chi connectivity index (χ1n) is 9.08. The van der Waals surface area contributed by atoms with Crippen molar-refractivity contribution in [1.82, 2.24) is 10.2 Å². The van der Waals surface area contributed by atoms with E-state index in [2.05, 4.69) is 22.3 Å². The number of nitrogens with zero attached hydrogens (tertiary/aromatic N) is 1. The topological polar surface area (TPSA) is 41.6 Å². The number of halogens is 1. The lowest BCUT2D eigenvalue weighted by Gasteiger charge is -2.28. The summed E-state index contributed by atoms with van der Waals surface area (Å²) in [4.78, 5) is 14.7. The van der Waals surface area contributed by atoms with Gasteiger partial charge in [0, 0.05) is 11.6 Å². The highest BCUT2D eigenvalue weighted by Crippen LogP contribution is 2.24. The average molecular weight is 373 g/mol. The van der Waals surface area contributed by atoms with E-state index in [1.54, 1.807) is 12.1 Å². The van der Waals surface area contributed by atoms with Gasteiger partial charge < -0.3 is 10.1 Å². The van der Waals surface area contributed by atoms with E-state index < -0.39 is 0 Å². The van der Waals surface area contributed by atoms with Crippen LogP contribution in [-0.4, -0.2) is 37.0 Å². The first-order valence-corrected chi connectivity index (χ1v) is 9.46. The zero-order valence-electron chi connectivity index (χ0n) is 15.1. The van der Waals surface area contributed by atoms with E-state index >= 15 is 0 Å². The minimum atomic E-state index is -0.112. The van der Waals surface area contributed by atoms with Crippen LogP contribution >= 0.6 is 11.6 Å². The number of likely N-dealkylation sites (tertiary alicyclic amines) is 1. The number of hydrogen-bond donors (Lipinski definition) is 1. The Hall–Kier alpha value is -2.04. The molecule has 1 saturated heterocycles. The molecule has 5 heteroatoms. The van der Waals surface area contributed by atoms with Gasteiger partial charge >= 0.3 is 0 Å². The van der Waals surface area contributed by atoms with Gasteiger partial charge in [-0.3, -0.25) is 9.69 Å². The van der Waals surface area contributed by atoms with Gasteiger partial charge in [0.1, 0.15) is 5.75 Å². The molecule has 1 amide bonds. The molecule has 1 aliphatic heterocycles. The van der Waals surface area contributed by atoms with Gasteiger partial charge in [-0.2, -0.15) is 0 Å². The van der Waals surface area contributed by atoms with Gasteiger partial charge in [-0.25, -0.2) is 0 Å². The molecule has 0 spiro atoms. The Morgan fingerprint density at radius 3 is 2.62 bits per heavy atom. The van der Waals surface area contributed by atoms with E-state index in [1.807, 2.05) is 31.2 Å². The lowest BCUT2D eigenvalue weighted by Crippen LogP contribution is -2.38. The van der Waals surface area contributed by atoms with Crippen molar-refractivity contribution in [2.24, 2.45) is 0 Å². The van der Waals surface area contributed by atoms with Gasteiger partial charge in [0.25, 0.3) is 5.91 Å². The number of amides is 1. The van der Waals surface area contributed by atoms with Crippen LogP contribution in [0.15, 0.2) is 48.5 Å². The molecule has 0 aliphatic carbocycles. The van der Waals surface area contributed by atoms with Gasteiger partial charge in [-0.1, -0.05) is 41.9 Å². The maximum absolute atomic E-state index is 12.3. The maximum atomic E-state index is 12.3. The third-order valence-corrected chi connectivity index (χ3v) is 4.99. The third-order valence-electron chi connectivity index (χ3n) is 4.75. The predicted octanol–water partition coefficient (Wildman–Crippen LogP) is 3.98. The number of nitrogens with one attached hydrogen (secondary N) is 1. The zero-order valence-corrected chi connectivity index (χ0v) is 15.8. The third kappa shape index (κ3) is 4.99. The van der Waals surface area contributed by atoms with Crippen LogP contribution in [0.3, 0.4) is 0 Å². The summed E-state index contributed by atoms with van der Waals surface area (Å²) >= 11 is 5.95. The second-order valence-corrected chi connectivity index (χ2v) is 7.11. The van der Waals surface area contributed by atoms with Gasteiger partial charge in [-0.15, -0.1) is 0 Å². The van der Waals surface area contributed by atoms with Crippen LogP contribution in [0, 0.1) is 6.92 Å². The van der Waals surface area contributed by atoms with E-state index in [9.17, 15) is 4.79 Å². The van der Waals surface area contributed by atoms with Crippen LogP contribution < -0.4 is 10.1 Å². The standard InChI is InChI=1S/C21H25ClN2O2/c1-16-13-18(22)9-10-20(16)26-15-21(25)23-14-19(24-11-5-6-12-24)17-7-3-2-4-8-17/h2-4,7-10,13,19H,5-6,11-12,14-15H2,1H3,(H,23,25). The molecule has 0 bridgehead atoms. The molecule has 1 fully saturated rings. The molecular weight excluding hydrogens is 348 g/mol. The van der Waals surface area contributed by atoms with Crippen molar-refractivity contribution < 1.29 is 9.53 Å². The first-order chi connectivity index (χ1) is 12.6. The summed E-state index contributed by atoms with van der Waals surface area (Å²) in [5.41, 5.74) is 2.16. The lowest BCUT2D eigenvalue weighted by atomic mass is 10.1. The van der Waals surface area contributed by atoms with E-state index in [1.165, 1.54) is 18.4 Å². The Morgan fingerprint density at radius 1 is 1.19 bits per heavy atom. The molecule has 1 N–H and O–H groups in total. The molecule has 0 aromatic heterocycles. The molecule has 1 heterocycles. The Morgan fingerprint density at radius 2 is 1.92 bits per heavy atom. The second-order valence-electron chi connectivity index (χ2n) is 6.67. The van der Waals surface area contributed by atoms with Crippen LogP contribution in [0.2, 0.25) is 5.02 Å². The number of hydrogen-bond acceptors (Lipinski definition) is 3. The SMILES string of the molecule is Cc1cc(Cl)ccc1OCC(=O)NCC(c1ccccc1)N1CCCC1. The Bertz CT molecular complexity index is 730. The van der Waals surface area contributed by atoms with Crippen LogP contribution in [0.25, 0.3) is 0 Å². The predicted molar refractivity (Wildman–Crippen MR) is 105 cm³/mol. The summed E-state index contributed by atoms with van der Waals surface area (Å²) in [6, 6.07) is 16.0. The summed E-state index contributed by atoms with van der Waals surface area (Å²) in [5.74, 6) is 0.572. The molecule has 0 radical (unpaired) electrons. The molecule has 1 atom stereocenters. The van der Waals surface area contributed by atoms with Crippen molar-refractivity contribution >= 4 is 17.5 Å². The molecular formula is C21H25ClN2O2. The summed E-state index contributed by atoms with van der Waals surface area (Å²) in [6.45, 7) is 4.67. The minimum absolute atomic E-state index is 0.00395. The van der Waals surface area contributed by atoms with E-state index in [0.29, 0.717) is 17.3 Å².